The van der Waals surface area contributed by atoms with Crippen LogP contribution in [-0.4, -0.2) is 26.4 Å². The maximum atomic E-state index is 13.9. The molecule has 4 nitrogen and oxygen atoms in total. The highest BCUT2D eigenvalue weighted by atomic mass is 19.1. The van der Waals surface area contributed by atoms with Gasteiger partial charge in [-0.3, -0.25) is 4.99 Å². The van der Waals surface area contributed by atoms with Gasteiger partial charge < -0.3 is 0 Å². The van der Waals surface area contributed by atoms with Crippen LogP contribution in [0.4, 0.5) is 4.39 Å². The Bertz CT molecular complexity index is 1020. The second kappa shape index (κ2) is 5.41. The van der Waals surface area contributed by atoms with Crippen LogP contribution in [0.15, 0.2) is 41.4 Å². The van der Waals surface area contributed by atoms with Gasteiger partial charge in [-0.25, -0.2) is 9.37 Å². The lowest BCUT2D eigenvalue weighted by atomic mass is 9.76. The zero-order valence-electron chi connectivity index (χ0n) is 14.7. The Morgan fingerprint density at radius 3 is 2.60 bits per heavy atom. The summed E-state index contributed by atoms with van der Waals surface area (Å²) in [5.74, 6) is 0.295. The van der Waals surface area contributed by atoms with E-state index in [0.717, 1.165) is 11.3 Å². The largest absolute Gasteiger partial charge is 0.274 e. The highest BCUT2D eigenvalue weighted by Gasteiger charge is 2.36. The van der Waals surface area contributed by atoms with Crippen LogP contribution >= 0.6 is 0 Å². The standard InChI is InChI=1S/C20H19FN4/c1-11-7-5-8-13-16(11)12(2)20(3,4)23-17(13)19-22-15-10-6-9-14(21)18(15)24-25-19/h5-10,12H,1-4H3. The summed E-state index contributed by atoms with van der Waals surface area (Å²) in [4.78, 5) is 9.47. The van der Waals surface area contributed by atoms with E-state index in [0.29, 0.717) is 11.3 Å². The Kier molecular flexibility index (Phi) is 3.42. The number of aromatic nitrogens is 3. The number of halogens is 1. The Balaban J connectivity index is 1.97. The highest BCUT2D eigenvalue weighted by Crippen LogP contribution is 2.40. The number of nitrogens with zero attached hydrogens (tertiary/aromatic N) is 4. The Morgan fingerprint density at radius 2 is 1.80 bits per heavy atom. The van der Waals surface area contributed by atoms with Crippen LogP contribution in [0, 0.1) is 12.7 Å². The molecule has 4 rings (SSSR count). The zero-order chi connectivity index (χ0) is 17.8. The fourth-order valence-electron chi connectivity index (χ4n) is 3.46. The van der Waals surface area contributed by atoms with E-state index in [1.807, 2.05) is 12.1 Å². The minimum atomic E-state index is -0.417. The van der Waals surface area contributed by atoms with Crippen molar-refractivity contribution in [1.29, 1.82) is 0 Å². The Labute approximate surface area is 145 Å². The van der Waals surface area contributed by atoms with Gasteiger partial charge in [0.2, 0.25) is 5.82 Å². The molecule has 1 atom stereocenters. The molecule has 0 bridgehead atoms. The molecule has 0 radical (unpaired) electrons. The SMILES string of the molecule is Cc1cccc2c1C(C)C(C)(C)N=C2c1nnc2c(F)cccc2n1. The quantitative estimate of drug-likeness (QED) is 0.670. The molecule has 0 saturated heterocycles. The van der Waals surface area contributed by atoms with Crippen molar-refractivity contribution in [3.05, 3.63) is 64.7 Å². The van der Waals surface area contributed by atoms with E-state index in [-0.39, 0.29) is 17.0 Å². The van der Waals surface area contributed by atoms with Crippen LogP contribution in [0.25, 0.3) is 11.0 Å². The summed E-state index contributed by atoms with van der Waals surface area (Å²) in [5, 5.41) is 8.23. The number of fused-ring (bicyclic) bond motifs is 2. The summed E-state index contributed by atoms with van der Waals surface area (Å²) in [5.41, 5.74) is 4.63. The van der Waals surface area contributed by atoms with Crippen molar-refractivity contribution in [1.82, 2.24) is 15.2 Å². The van der Waals surface area contributed by atoms with Crippen molar-refractivity contribution < 1.29 is 4.39 Å². The van der Waals surface area contributed by atoms with Gasteiger partial charge >= 0.3 is 0 Å². The van der Waals surface area contributed by atoms with E-state index >= 15 is 0 Å². The van der Waals surface area contributed by atoms with Gasteiger partial charge in [-0.15, -0.1) is 10.2 Å². The van der Waals surface area contributed by atoms with Crippen molar-refractivity contribution in [3.63, 3.8) is 0 Å². The first kappa shape index (κ1) is 15.8. The van der Waals surface area contributed by atoms with Crippen LogP contribution in [0.2, 0.25) is 0 Å². The molecule has 3 aromatic rings. The van der Waals surface area contributed by atoms with E-state index < -0.39 is 5.82 Å². The Morgan fingerprint density at radius 1 is 1.04 bits per heavy atom. The van der Waals surface area contributed by atoms with Crippen molar-refractivity contribution in [2.75, 3.05) is 0 Å². The summed E-state index contributed by atoms with van der Waals surface area (Å²) >= 11 is 0. The monoisotopic (exact) mass is 334 g/mol. The molecule has 1 unspecified atom stereocenters. The minimum Gasteiger partial charge on any atom is -0.274 e. The smallest absolute Gasteiger partial charge is 0.201 e. The summed E-state index contributed by atoms with van der Waals surface area (Å²) in [6.07, 6.45) is 0. The lowest BCUT2D eigenvalue weighted by Crippen LogP contribution is -2.34. The normalized spacial score (nSPS) is 18.8. The van der Waals surface area contributed by atoms with Crippen molar-refractivity contribution in [2.24, 2.45) is 4.99 Å². The van der Waals surface area contributed by atoms with Gasteiger partial charge in [-0.05, 0) is 44.0 Å². The van der Waals surface area contributed by atoms with Crippen molar-refractivity contribution in [3.8, 4) is 0 Å². The average molecular weight is 334 g/mol. The fraction of sp³-hybridized carbons (Fsp3) is 0.300. The third kappa shape index (κ3) is 2.42. The van der Waals surface area contributed by atoms with Crippen molar-refractivity contribution >= 4 is 16.7 Å². The molecule has 0 amide bonds. The maximum absolute atomic E-state index is 13.9. The molecule has 5 heteroatoms. The molecule has 1 aromatic heterocycles. The summed E-state index contributed by atoms with van der Waals surface area (Å²) in [7, 11) is 0. The van der Waals surface area contributed by atoms with Gasteiger partial charge in [0.25, 0.3) is 0 Å². The van der Waals surface area contributed by atoms with Gasteiger partial charge in [0.1, 0.15) is 11.2 Å². The zero-order valence-corrected chi connectivity index (χ0v) is 14.7. The number of hydrogen-bond donors (Lipinski definition) is 0. The number of aryl methyl sites for hydroxylation is 1. The second-order valence-corrected chi connectivity index (χ2v) is 7.11. The summed E-state index contributed by atoms with van der Waals surface area (Å²) < 4.78 is 13.9. The molecule has 126 valence electrons. The molecule has 0 spiro atoms. The number of benzene rings is 2. The molecule has 1 aliphatic rings. The summed E-state index contributed by atoms with van der Waals surface area (Å²) in [6, 6.07) is 10.9. The molecule has 0 fully saturated rings. The first-order valence-electron chi connectivity index (χ1n) is 8.37. The van der Waals surface area contributed by atoms with E-state index in [1.165, 1.54) is 17.2 Å². The third-order valence-corrected chi connectivity index (χ3v) is 5.12. The van der Waals surface area contributed by atoms with Crippen molar-refractivity contribution in [2.45, 2.75) is 39.2 Å². The van der Waals surface area contributed by atoms with E-state index in [1.54, 1.807) is 12.1 Å². The molecule has 0 saturated carbocycles. The van der Waals surface area contributed by atoms with E-state index in [9.17, 15) is 4.39 Å². The van der Waals surface area contributed by atoms with Gasteiger partial charge in [0.05, 0.1) is 11.1 Å². The van der Waals surface area contributed by atoms with Gasteiger partial charge in [0.15, 0.2) is 5.82 Å². The van der Waals surface area contributed by atoms with E-state index in [2.05, 4.69) is 48.9 Å². The first-order valence-corrected chi connectivity index (χ1v) is 8.37. The molecular formula is C20H19FN4. The molecule has 2 aromatic carbocycles. The molecule has 25 heavy (non-hydrogen) atoms. The first-order chi connectivity index (χ1) is 11.9. The molecule has 0 N–H and O–H groups in total. The predicted octanol–water partition coefficient (Wildman–Crippen LogP) is 4.21. The van der Waals surface area contributed by atoms with Crippen LogP contribution in [0.3, 0.4) is 0 Å². The second-order valence-electron chi connectivity index (χ2n) is 7.11. The van der Waals surface area contributed by atoms with Crippen LogP contribution in [0.5, 0.6) is 0 Å². The predicted molar refractivity (Wildman–Crippen MR) is 96.6 cm³/mol. The van der Waals surface area contributed by atoms with Crippen LogP contribution in [-0.2, 0) is 0 Å². The lowest BCUT2D eigenvalue weighted by Gasteiger charge is -2.36. The average Bonchev–Trinajstić information content (AvgIpc) is 2.58. The van der Waals surface area contributed by atoms with E-state index in [4.69, 9.17) is 4.99 Å². The molecule has 1 aliphatic heterocycles. The number of hydrogen-bond acceptors (Lipinski definition) is 4. The Hall–Kier alpha value is -2.69. The van der Waals surface area contributed by atoms with Gasteiger partial charge in [-0.1, -0.05) is 31.2 Å². The molecular weight excluding hydrogens is 315 g/mol. The number of rotatable bonds is 1. The lowest BCUT2D eigenvalue weighted by molar-refractivity contribution is 0.430. The topological polar surface area (TPSA) is 51.0 Å². The van der Waals surface area contributed by atoms with Crippen LogP contribution in [0.1, 0.15) is 49.2 Å². The molecule has 0 aliphatic carbocycles. The van der Waals surface area contributed by atoms with Crippen LogP contribution < -0.4 is 0 Å². The maximum Gasteiger partial charge on any atom is 0.201 e. The number of aliphatic imine (C=N–C) groups is 1. The highest BCUT2D eigenvalue weighted by molar-refractivity contribution is 6.13. The minimum absolute atomic E-state index is 0.180. The fourth-order valence-corrected chi connectivity index (χ4v) is 3.46. The summed E-state index contributed by atoms with van der Waals surface area (Å²) in [6.45, 7) is 8.53. The van der Waals surface area contributed by atoms with Gasteiger partial charge in [-0.2, -0.15) is 0 Å². The molecule has 2 heterocycles. The third-order valence-electron chi connectivity index (χ3n) is 5.12. The van der Waals surface area contributed by atoms with Gasteiger partial charge in [0, 0.05) is 11.5 Å².